The lowest BCUT2D eigenvalue weighted by Gasteiger charge is -2.09. The summed E-state index contributed by atoms with van der Waals surface area (Å²) in [6.07, 6.45) is 6.58. The van der Waals surface area contributed by atoms with E-state index in [1.54, 1.807) is 24.8 Å². The van der Waals surface area contributed by atoms with E-state index >= 15 is 0 Å². The van der Waals surface area contributed by atoms with Crippen LogP contribution in [-0.4, -0.2) is 112 Å². The summed E-state index contributed by atoms with van der Waals surface area (Å²) in [6, 6.07) is 15.2. The van der Waals surface area contributed by atoms with Gasteiger partial charge in [-0.15, -0.1) is 0 Å². The third-order valence-electron chi connectivity index (χ3n) is 6.58. The van der Waals surface area contributed by atoms with Gasteiger partial charge in [-0.2, -0.15) is 0 Å². The Morgan fingerprint density at radius 3 is 0.851 bits per heavy atom. The monoisotopic (exact) mass is 648 g/mol. The topological polar surface area (TPSA) is 135 Å². The first-order valence-electron chi connectivity index (χ1n) is 15.6. The second kappa shape index (κ2) is 20.0. The average molecular weight is 649 g/mol. The number of hydrogen-bond donors (Lipinski definition) is 0. The lowest BCUT2D eigenvalue weighted by Crippen LogP contribution is -2.14. The van der Waals surface area contributed by atoms with E-state index in [1.165, 1.54) is 0 Å². The Bertz CT molecular complexity index is 1300. The molecule has 0 radical (unpaired) electrons. The van der Waals surface area contributed by atoms with Crippen molar-refractivity contribution in [1.29, 1.82) is 0 Å². The van der Waals surface area contributed by atoms with Crippen molar-refractivity contribution in [1.82, 2.24) is 19.9 Å². The molecule has 2 aromatic carbocycles. The van der Waals surface area contributed by atoms with Crippen LogP contribution < -0.4 is 18.9 Å². The summed E-state index contributed by atoms with van der Waals surface area (Å²) in [5, 5.41) is 0. The summed E-state index contributed by atoms with van der Waals surface area (Å²) in [6.45, 7) is 6.13. The highest BCUT2D eigenvalue weighted by Gasteiger charge is 2.06. The largest absolute Gasteiger partial charge is 0.491 e. The molecule has 12 rings (SSSR count). The van der Waals surface area contributed by atoms with Gasteiger partial charge in [0.05, 0.1) is 90.9 Å². The molecular formula is C34H40N4O9. The van der Waals surface area contributed by atoms with Gasteiger partial charge in [0.2, 0.25) is 0 Å². The van der Waals surface area contributed by atoms with Gasteiger partial charge in [0.15, 0.2) is 23.1 Å². The van der Waals surface area contributed by atoms with Gasteiger partial charge in [-0.1, -0.05) is 0 Å². The smallest absolute Gasteiger partial charge is 0.159 e. The minimum absolute atomic E-state index is 0.372. The fraction of sp³-hybridized carbons (Fsp3) is 0.412. The van der Waals surface area contributed by atoms with Gasteiger partial charge in [0.1, 0.15) is 37.9 Å². The normalized spacial score (nSPS) is 16.9. The Labute approximate surface area is 274 Å². The van der Waals surface area contributed by atoms with Crippen LogP contribution in [0, 0.1) is 0 Å². The lowest BCUT2D eigenvalue weighted by molar-refractivity contribution is 0.00499. The van der Waals surface area contributed by atoms with E-state index in [2.05, 4.69) is 19.9 Å². The Balaban J connectivity index is 1.06. The van der Waals surface area contributed by atoms with Crippen molar-refractivity contribution < 1.29 is 42.6 Å². The molecule has 0 saturated carbocycles. The molecular weight excluding hydrogens is 608 g/mol. The van der Waals surface area contributed by atoms with Gasteiger partial charge in [-0.05, 0) is 48.5 Å². The Morgan fingerprint density at radius 1 is 0.298 bits per heavy atom. The molecule has 2 aromatic heterocycles. The molecule has 8 aliphatic rings. The number of ether oxygens (including phenoxy) is 9. The fourth-order valence-electron chi connectivity index (χ4n) is 4.22. The Morgan fingerprint density at radius 2 is 0.553 bits per heavy atom. The first-order chi connectivity index (χ1) is 23.3. The van der Waals surface area contributed by atoms with Gasteiger partial charge < -0.3 is 42.6 Å². The van der Waals surface area contributed by atoms with E-state index < -0.39 is 0 Å². The summed E-state index contributed by atoms with van der Waals surface area (Å²) < 4.78 is 50.8. The summed E-state index contributed by atoms with van der Waals surface area (Å²) >= 11 is 0. The second-order valence-corrected chi connectivity index (χ2v) is 9.99. The summed E-state index contributed by atoms with van der Waals surface area (Å²) in [5.41, 5.74) is 1.75. The summed E-state index contributed by atoms with van der Waals surface area (Å²) in [7, 11) is 0. The molecule has 10 heterocycles. The molecule has 8 bridgehead atoms. The molecule has 0 fully saturated rings. The minimum Gasteiger partial charge on any atom is -0.491 e. The van der Waals surface area contributed by atoms with Crippen LogP contribution in [0.2, 0.25) is 0 Å². The van der Waals surface area contributed by atoms with Crippen molar-refractivity contribution in [2.45, 2.75) is 0 Å². The number of nitrogens with zero attached hydrogens (tertiary/aromatic N) is 4. The van der Waals surface area contributed by atoms with E-state index in [0.717, 1.165) is 22.6 Å². The van der Waals surface area contributed by atoms with Crippen molar-refractivity contribution in [3.8, 4) is 45.8 Å². The van der Waals surface area contributed by atoms with Crippen molar-refractivity contribution in [2.24, 2.45) is 0 Å². The lowest BCUT2D eigenvalue weighted by atomic mass is 10.2. The average Bonchev–Trinajstić information content (AvgIpc) is 3.12. The van der Waals surface area contributed by atoms with Gasteiger partial charge in [-0.25, -0.2) is 19.9 Å². The molecule has 8 aliphatic heterocycles. The zero-order valence-corrected chi connectivity index (χ0v) is 26.3. The summed E-state index contributed by atoms with van der Waals surface area (Å²) in [4.78, 5) is 17.6. The maximum atomic E-state index is 5.76. The highest BCUT2D eigenvalue weighted by atomic mass is 16.6. The van der Waals surface area contributed by atoms with Crippen molar-refractivity contribution in [3.05, 3.63) is 73.3 Å². The number of aromatic nitrogens is 4. The number of hydrogen-bond acceptors (Lipinski definition) is 13. The fourth-order valence-corrected chi connectivity index (χ4v) is 4.22. The molecule has 0 aliphatic carbocycles. The Kier molecular flexibility index (Phi) is 14.4. The zero-order valence-electron chi connectivity index (χ0n) is 26.3. The predicted molar refractivity (Wildman–Crippen MR) is 171 cm³/mol. The van der Waals surface area contributed by atoms with E-state index in [9.17, 15) is 0 Å². The molecule has 13 nitrogen and oxygen atoms in total. The minimum atomic E-state index is 0.372. The van der Waals surface area contributed by atoms with E-state index in [1.807, 2.05) is 48.5 Å². The first kappa shape index (κ1) is 33.9. The molecule has 0 unspecified atom stereocenters. The highest BCUT2D eigenvalue weighted by Crippen LogP contribution is 2.21. The van der Waals surface area contributed by atoms with E-state index in [0.29, 0.717) is 116 Å². The molecule has 0 atom stereocenters. The molecule has 4 aromatic rings. The van der Waals surface area contributed by atoms with Crippen molar-refractivity contribution in [3.63, 3.8) is 0 Å². The third kappa shape index (κ3) is 12.4. The maximum absolute atomic E-state index is 5.76. The molecule has 0 amide bonds. The molecule has 250 valence electrons. The van der Waals surface area contributed by atoms with Crippen LogP contribution in [0.3, 0.4) is 0 Å². The molecule has 0 spiro atoms. The molecule has 47 heavy (non-hydrogen) atoms. The van der Waals surface area contributed by atoms with Crippen molar-refractivity contribution >= 4 is 0 Å². The highest BCUT2D eigenvalue weighted by molar-refractivity contribution is 5.57. The van der Waals surface area contributed by atoms with Crippen LogP contribution in [0.4, 0.5) is 0 Å². The SMILES string of the molecule is c1cc2ccc1OCCOCCOCCOCCOc1ccc(cc1)-c1ncc(cn1)OCCOCCOCCOc1cnc-2nc1. The molecule has 0 N–H and O–H groups in total. The van der Waals surface area contributed by atoms with Gasteiger partial charge in [-0.3, -0.25) is 0 Å². The van der Waals surface area contributed by atoms with Gasteiger partial charge in [0, 0.05) is 11.1 Å². The second-order valence-electron chi connectivity index (χ2n) is 9.99. The Hall–Kier alpha value is -4.40. The van der Waals surface area contributed by atoms with Crippen LogP contribution in [0.1, 0.15) is 0 Å². The first-order valence-corrected chi connectivity index (χ1v) is 15.6. The van der Waals surface area contributed by atoms with E-state index in [4.69, 9.17) is 42.6 Å². The quantitative estimate of drug-likeness (QED) is 0.273. The van der Waals surface area contributed by atoms with Crippen molar-refractivity contribution in [2.75, 3.05) is 92.5 Å². The number of rotatable bonds is 0. The van der Waals surface area contributed by atoms with Crippen LogP contribution >= 0.6 is 0 Å². The number of benzene rings is 2. The standard InChI is InChI=1S/C34H40N4O9/c1-5-29-6-2-27(1)33-35-23-31(24-36-33)46-21-17-42-13-14-43-18-22-47-32-25-37-34(38-26-32)28-3-7-30(8-4-28)45-20-16-41-12-10-39-9-11-40-15-19-44-29/h1-8,23-26H,9-22H2. The third-order valence-corrected chi connectivity index (χ3v) is 6.58. The van der Waals surface area contributed by atoms with Crippen LogP contribution in [-0.2, 0) is 23.7 Å². The molecule has 0 saturated heterocycles. The predicted octanol–water partition coefficient (Wildman–Crippen LogP) is 3.91. The zero-order chi connectivity index (χ0) is 32.2. The van der Waals surface area contributed by atoms with Gasteiger partial charge in [0.25, 0.3) is 0 Å². The van der Waals surface area contributed by atoms with E-state index in [-0.39, 0.29) is 0 Å². The van der Waals surface area contributed by atoms with Crippen LogP contribution in [0.15, 0.2) is 73.3 Å². The van der Waals surface area contributed by atoms with Gasteiger partial charge >= 0.3 is 0 Å². The van der Waals surface area contributed by atoms with Crippen LogP contribution in [0.25, 0.3) is 22.8 Å². The van der Waals surface area contributed by atoms with Crippen LogP contribution in [0.5, 0.6) is 23.0 Å². The maximum Gasteiger partial charge on any atom is 0.159 e. The molecule has 13 heteroatoms. The summed E-state index contributed by atoms with van der Waals surface area (Å²) in [5.74, 6) is 3.81.